The van der Waals surface area contributed by atoms with Gasteiger partial charge in [0.1, 0.15) is 5.78 Å². The minimum absolute atomic E-state index is 0.00538. The van der Waals surface area contributed by atoms with Gasteiger partial charge < -0.3 is 4.90 Å². The third-order valence-corrected chi connectivity index (χ3v) is 10.3. The molecule has 0 bridgehead atoms. The van der Waals surface area contributed by atoms with Crippen LogP contribution < -0.4 is 4.90 Å². The molecule has 2 atom stereocenters. The summed E-state index contributed by atoms with van der Waals surface area (Å²) >= 11 is 0. The van der Waals surface area contributed by atoms with E-state index in [1.54, 1.807) is 12.4 Å². The Morgan fingerprint density at radius 3 is 2.36 bits per heavy atom. The Labute approximate surface area is 229 Å². The van der Waals surface area contributed by atoms with Crippen LogP contribution in [-0.4, -0.2) is 53.6 Å². The van der Waals surface area contributed by atoms with Gasteiger partial charge in [0.15, 0.2) is 9.84 Å². The van der Waals surface area contributed by atoms with E-state index in [0.29, 0.717) is 19.5 Å². The van der Waals surface area contributed by atoms with Crippen LogP contribution in [0.3, 0.4) is 0 Å². The number of anilines is 1. The highest BCUT2D eigenvalue weighted by Crippen LogP contribution is 2.51. The lowest BCUT2D eigenvalue weighted by molar-refractivity contribution is -0.125. The molecule has 0 radical (unpaired) electrons. The number of carbonyl (C=O) groups is 1. The standard InChI is InChI=1S/C30H33N5O3S/c31-21-30(11-12-30)19-28(36)25-3-1-2-4-26(25)29-27(20-35(33-29)24-9-13-32-14-10-24)22-5-7-23(8-6-22)34-15-17-39(37,38)18-16-34/h5-10,13-14,20,25-26H,1-4,11-12,15-19H2/t25-,26-/m1/s1. The van der Waals surface area contributed by atoms with Crippen LogP contribution in [0.15, 0.2) is 55.0 Å². The highest BCUT2D eigenvalue weighted by Gasteiger charge is 2.47. The number of sulfone groups is 1. The molecule has 9 heteroatoms. The van der Waals surface area contributed by atoms with Crippen LogP contribution in [-0.2, 0) is 14.6 Å². The molecule has 0 spiro atoms. The molecule has 0 N–H and O–H groups in total. The molecule has 3 fully saturated rings. The van der Waals surface area contributed by atoms with E-state index in [1.807, 2.05) is 35.1 Å². The largest absolute Gasteiger partial charge is 0.369 e. The van der Waals surface area contributed by atoms with E-state index >= 15 is 0 Å². The SMILES string of the molecule is N#CC1(CC(=O)[C@@H]2CCCC[C@H]2c2nn(-c3ccncc3)cc2-c2ccc(N3CCS(=O)(=O)CC3)cc2)CC1. The minimum Gasteiger partial charge on any atom is -0.369 e. The molecule has 3 aromatic rings. The van der Waals surface area contributed by atoms with E-state index in [0.717, 1.165) is 66.7 Å². The average Bonchev–Trinajstić information content (AvgIpc) is 3.60. The maximum absolute atomic E-state index is 13.5. The molecule has 2 aliphatic carbocycles. The third-order valence-electron chi connectivity index (χ3n) is 8.69. The fourth-order valence-corrected chi connectivity index (χ4v) is 7.32. The van der Waals surface area contributed by atoms with Crippen molar-refractivity contribution in [2.45, 2.75) is 50.9 Å². The van der Waals surface area contributed by atoms with Gasteiger partial charge in [0.2, 0.25) is 0 Å². The number of nitriles is 1. The van der Waals surface area contributed by atoms with Gasteiger partial charge >= 0.3 is 0 Å². The molecule has 3 heterocycles. The van der Waals surface area contributed by atoms with Gasteiger partial charge in [-0.1, -0.05) is 25.0 Å². The van der Waals surface area contributed by atoms with Gasteiger partial charge in [-0.15, -0.1) is 0 Å². The third kappa shape index (κ3) is 5.35. The van der Waals surface area contributed by atoms with E-state index in [2.05, 4.69) is 28.1 Å². The number of carbonyl (C=O) groups excluding carboxylic acids is 1. The van der Waals surface area contributed by atoms with Gasteiger partial charge in [-0.3, -0.25) is 9.78 Å². The maximum Gasteiger partial charge on any atom is 0.153 e. The average molecular weight is 544 g/mol. The lowest BCUT2D eigenvalue weighted by atomic mass is 9.72. The first-order valence-electron chi connectivity index (χ1n) is 13.9. The summed E-state index contributed by atoms with van der Waals surface area (Å²) in [6.07, 6.45) is 11.3. The first-order valence-corrected chi connectivity index (χ1v) is 15.7. The Morgan fingerprint density at radius 1 is 1.00 bits per heavy atom. The van der Waals surface area contributed by atoms with Crippen LogP contribution in [0.25, 0.3) is 16.8 Å². The highest BCUT2D eigenvalue weighted by molar-refractivity contribution is 7.91. The second-order valence-corrected chi connectivity index (χ2v) is 13.6. The van der Waals surface area contributed by atoms with Crippen molar-refractivity contribution in [3.05, 3.63) is 60.7 Å². The van der Waals surface area contributed by atoms with Gasteiger partial charge in [0.25, 0.3) is 0 Å². The van der Waals surface area contributed by atoms with Gasteiger partial charge in [0.05, 0.1) is 34.4 Å². The van der Waals surface area contributed by atoms with Crippen LogP contribution in [0, 0.1) is 22.7 Å². The number of Topliss-reactive ketones (excluding diaryl/α,β-unsaturated/α-hetero) is 1. The molecule has 6 rings (SSSR count). The second-order valence-electron chi connectivity index (χ2n) is 11.3. The van der Waals surface area contributed by atoms with E-state index in [-0.39, 0.29) is 29.1 Å². The number of ketones is 1. The van der Waals surface area contributed by atoms with Crippen LogP contribution in [0.5, 0.6) is 0 Å². The van der Waals surface area contributed by atoms with Crippen molar-refractivity contribution in [3.8, 4) is 22.9 Å². The predicted octanol–water partition coefficient (Wildman–Crippen LogP) is 4.71. The van der Waals surface area contributed by atoms with Crippen molar-refractivity contribution in [2.75, 3.05) is 29.5 Å². The van der Waals surface area contributed by atoms with Gasteiger partial charge in [-0.2, -0.15) is 10.4 Å². The van der Waals surface area contributed by atoms with Crippen molar-refractivity contribution in [1.82, 2.24) is 14.8 Å². The van der Waals surface area contributed by atoms with Crippen molar-refractivity contribution in [3.63, 3.8) is 0 Å². The fourth-order valence-electron chi connectivity index (χ4n) is 6.12. The molecule has 8 nitrogen and oxygen atoms in total. The van der Waals surface area contributed by atoms with Crippen molar-refractivity contribution >= 4 is 21.3 Å². The smallest absolute Gasteiger partial charge is 0.153 e. The van der Waals surface area contributed by atoms with Gasteiger partial charge in [-0.05, 0) is 55.5 Å². The number of rotatable bonds is 7. The fraction of sp³-hybridized carbons (Fsp3) is 0.467. The Morgan fingerprint density at radius 2 is 1.69 bits per heavy atom. The number of hydrogen-bond acceptors (Lipinski definition) is 7. The lowest BCUT2D eigenvalue weighted by Crippen LogP contribution is -2.40. The second kappa shape index (κ2) is 10.2. The zero-order valence-electron chi connectivity index (χ0n) is 22.0. The molecule has 3 aliphatic rings. The minimum atomic E-state index is -2.94. The summed E-state index contributed by atoms with van der Waals surface area (Å²) in [7, 11) is -2.94. The van der Waals surface area contributed by atoms with Gasteiger partial charge in [0, 0.05) is 61.2 Å². The maximum atomic E-state index is 13.5. The van der Waals surface area contributed by atoms with Crippen LogP contribution in [0.2, 0.25) is 0 Å². The summed E-state index contributed by atoms with van der Waals surface area (Å²) in [6.45, 7) is 1.01. The molecular formula is C30H33N5O3S. The predicted molar refractivity (Wildman–Crippen MR) is 149 cm³/mol. The monoisotopic (exact) mass is 543 g/mol. The summed E-state index contributed by atoms with van der Waals surface area (Å²) in [6, 6.07) is 14.5. The van der Waals surface area contributed by atoms with E-state index < -0.39 is 15.3 Å². The molecule has 202 valence electrons. The zero-order valence-corrected chi connectivity index (χ0v) is 22.8. The van der Waals surface area contributed by atoms with E-state index in [9.17, 15) is 18.5 Å². The van der Waals surface area contributed by atoms with Gasteiger partial charge in [-0.25, -0.2) is 13.1 Å². The zero-order chi connectivity index (χ0) is 27.0. The Hall–Kier alpha value is -3.51. The number of nitrogens with zero attached hydrogens (tertiary/aromatic N) is 5. The Balaban J connectivity index is 1.34. The highest BCUT2D eigenvalue weighted by atomic mass is 32.2. The number of benzene rings is 1. The molecule has 2 aromatic heterocycles. The molecule has 1 aromatic carbocycles. The van der Waals surface area contributed by atoms with Crippen LogP contribution in [0.1, 0.15) is 56.6 Å². The number of hydrogen-bond donors (Lipinski definition) is 0. The van der Waals surface area contributed by atoms with Crippen LogP contribution >= 0.6 is 0 Å². The molecule has 2 saturated carbocycles. The summed E-state index contributed by atoms with van der Waals surface area (Å²) in [5.41, 5.74) is 4.43. The lowest BCUT2D eigenvalue weighted by Gasteiger charge is -2.31. The summed E-state index contributed by atoms with van der Waals surface area (Å²) in [5.74, 6) is 0.451. The van der Waals surface area contributed by atoms with Crippen molar-refractivity contribution in [1.29, 1.82) is 5.26 Å². The first kappa shape index (κ1) is 25.8. The normalized spacial score (nSPS) is 23.6. The molecule has 0 unspecified atom stereocenters. The van der Waals surface area contributed by atoms with Crippen molar-refractivity contribution < 1.29 is 13.2 Å². The molecule has 0 amide bonds. The van der Waals surface area contributed by atoms with E-state index in [1.165, 1.54) is 0 Å². The number of aromatic nitrogens is 3. The molecule has 1 saturated heterocycles. The number of pyridine rings is 1. The molecule has 39 heavy (non-hydrogen) atoms. The molecule has 1 aliphatic heterocycles. The van der Waals surface area contributed by atoms with Crippen LogP contribution in [0.4, 0.5) is 5.69 Å². The molecular weight excluding hydrogens is 510 g/mol. The van der Waals surface area contributed by atoms with Crippen molar-refractivity contribution in [2.24, 2.45) is 11.3 Å². The first-order chi connectivity index (χ1) is 18.9. The quantitative estimate of drug-likeness (QED) is 0.425. The Bertz CT molecular complexity index is 1490. The Kier molecular flexibility index (Phi) is 6.76. The van der Waals surface area contributed by atoms with E-state index in [4.69, 9.17) is 5.10 Å². The topological polar surface area (TPSA) is 109 Å². The summed E-state index contributed by atoms with van der Waals surface area (Å²) in [5, 5.41) is 14.7. The summed E-state index contributed by atoms with van der Waals surface area (Å²) < 4.78 is 25.6. The summed E-state index contributed by atoms with van der Waals surface area (Å²) in [4.78, 5) is 19.8.